The van der Waals surface area contributed by atoms with Crippen molar-refractivity contribution < 1.29 is 14.1 Å². The number of aromatic nitrogens is 1. The number of carbonyl (C=O) groups is 1. The van der Waals surface area contributed by atoms with Crippen LogP contribution in [0.2, 0.25) is 0 Å². The molecule has 0 radical (unpaired) electrons. The Kier molecular flexibility index (Phi) is 4.11. The van der Waals surface area contributed by atoms with Gasteiger partial charge in [0.2, 0.25) is 0 Å². The van der Waals surface area contributed by atoms with Gasteiger partial charge in [-0.15, -0.1) is 0 Å². The second kappa shape index (κ2) is 6.19. The Hall–Kier alpha value is -2.34. The predicted octanol–water partition coefficient (Wildman–Crippen LogP) is 2.46. The van der Waals surface area contributed by atoms with Crippen LogP contribution in [0.1, 0.15) is 22.7 Å². The van der Waals surface area contributed by atoms with Crippen LogP contribution in [-0.4, -0.2) is 37.4 Å². The number of amides is 1. The summed E-state index contributed by atoms with van der Waals surface area (Å²) < 4.78 is 10.3. The summed E-state index contributed by atoms with van der Waals surface area (Å²) in [5.74, 6) is 0.340. The van der Waals surface area contributed by atoms with Crippen LogP contribution in [-0.2, 0) is 4.74 Å². The standard InChI is InChI=1S/C16H19N3O3/c1-11-9-15(18-22-11)16(20)17-12-3-5-13(6-4-12)19-8-7-14(10-19)21-2/h3-6,9,14H,7-8,10H2,1-2H3,(H,17,20). The van der Waals surface area contributed by atoms with E-state index in [1.807, 2.05) is 24.3 Å². The molecule has 116 valence electrons. The van der Waals surface area contributed by atoms with Crippen molar-refractivity contribution in [2.45, 2.75) is 19.4 Å². The number of nitrogens with one attached hydrogen (secondary N) is 1. The van der Waals surface area contributed by atoms with Gasteiger partial charge >= 0.3 is 0 Å². The lowest BCUT2D eigenvalue weighted by atomic mass is 10.2. The SMILES string of the molecule is COC1CCN(c2ccc(NC(=O)c3cc(C)on3)cc2)C1. The molecule has 1 atom stereocenters. The average molecular weight is 301 g/mol. The lowest BCUT2D eigenvalue weighted by molar-refractivity contribution is 0.101. The van der Waals surface area contributed by atoms with Crippen LogP contribution >= 0.6 is 0 Å². The van der Waals surface area contributed by atoms with Gasteiger partial charge in [0.25, 0.3) is 5.91 Å². The van der Waals surface area contributed by atoms with E-state index in [2.05, 4.69) is 15.4 Å². The van der Waals surface area contributed by atoms with Crippen LogP contribution in [0.3, 0.4) is 0 Å². The Balaban J connectivity index is 1.63. The van der Waals surface area contributed by atoms with Gasteiger partial charge in [-0.2, -0.15) is 0 Å². The average Bonchev–Trinajstić information content (AvgIpc) is 3.17. The van der Waals surface area contributed by atoms with Crippen molar-refractivity contribution in [3.05, 3.63) is 41.8 Å². The first-order chi connectivity index (χ1) is 10.7. The molecule has 1 saturated heterocycles. The molecule has 0 aliphatic carbocycles. The first-order valence-electron chi connectivity index (χ1n) is 7.28. The summed E-state index contributed by atoms with van der Waals surface area (Å²) in [4.78, 5) is 14.3. The molecular weight excluding hydrogens is 282 g/mol. The van der Waals surface area contributed by atoms with Crippen LogP contribution in [0, 0.1) is 6.92 Å². The molecule has 3 rings (SSSR count). The normalized spacial score (nSPS) is 17.7. The summed E-state index contributed by atoms with van der Waals surface area (Å²) in [6.45, 7) is 3.64. The minimum Gasteiger partial charge on any atom is -0.380 e. The number of anilines is 2. The number of hydrogen-bond donors (Lipinski definition) is 1. The summed E-state index contributed by atoms with van der Waals surface area (Å²) in [5.41, 5.74) is 2.15. The van der Waals surface area contributed by atoms with Crippen molar-refractivity contribution in [3.63, 3.8) is 0 Å². The van der Waals surface area contributed by atoms with Gasteiger partial charge in [0.1, 0.15) is 5.76 Å². The highest BCUT2D eigenvalue weighted by atomic mass is 16.5. The third-order valence-electron chi connectivity index (χ3n) is 3.83. The zero-order valence-electron chi connectivity index (χ0n) is 12.7. The summed E-state index contributed by atoms with van der Waals surface area (Å²) in [7, 11) is 1.75. The number of nitrogens with zero attached hydrogens (tertiary/aromatic N) is 2. The molecule has 2 aromatic rings. The van der Waals surface area contributed by atoms with Crippen molar-refractivity contribution in [1.82, 2.24) is 5.16 Å². The van der Waals surface area contributed by atoms with Crippen molar-refractivity contribution in [2.75, 3.05) is 30.4 Å². The molecule has 1 unspecified atom stereocenters. The highest BCUT2D eigenvalue weighted by Crippen LogP contribution is 2.23. The molecule has 1 aromatic heterocycles. The fraction of sp³-hybridized carbons (Fsp3) is 0.375. The monoisotopic (exact) mass is 301 g/mol. The van der Waals surface area contributed by atoms with Crippen molar-refractivity contribution in [1.29, 1.82) is 0 Å². The van der Waals surface area contributed by atoms with Gasteiger partial charge in [0.05, 0.1) is 6.10 Å². The topological polar surface area (TPSA) is 67.6 Å². The van der Waals surface area contributed by atoms with Crippen molar-refractivity contribution in [2.24, 2.45) is 0 Å². The van der Waals surface area contributed by atoms with Crippen molar-refractivity contribution in [3.8, 4) is 0 Å². The van der Waals surface area contributed by atoms with Gasteiger partial charge in [0, 0.05) is 37.6 Å². The number of rotatable bonds is 4. The highest BCUT2D eigenvalue weighted by Gasteiger charge is 2.22. The maximum absolute atomic E-state index is 12.0. The lowest BCUT2D eigenvalue weighted by Crippen LogP contribution is -2.22. The molecule has 6 nitrogen and oxygen atoms in total. The predicted molar refractivity (Wildman–Crippen MR) is 83.3 cm³/mol. The molecule has 1 aromatic carbocycles. The van der Waals surface area contributed by atoms with E-state index in [4.69, 9.17) is 9.26 Å². The van der Waals surface area contributed by atoms with Crippen LogP contribution in [0.25, 0.3) is 0 Å². The van der Waals surface area contributed by atoms with E-state index in [0.29, 0.717) is 11.9 Å². The molecule has 0 spiro atoms. The minimum atomic E-state index is -0.273. The van der Waals surface area contributed by atoms with Crippen LogP contribution < -0.4 is 10.2 Å². The van der Waals surface area contributed by atoms with Gasteiger partial charge in [-0.3, -0.25) is 4.79 Å². The molecule has 6 heteroatoms. The summed E-state index contributed by atoms with van der Waals surface area (Å²) >= 11 is 0. The van der Waals surface area contributed by atoms with E-state index in [1.54, 1.807) is 20.1 Å². The molecule has 0 bridgehead atoms. The fourth-order valence-corrected chi connectivity index (χ4v) is 2.58. The van der Waals surface area contributed by atoms with Gasteiger partial charge in [-0.1, -0.05) is 5.16 Å². The van der Waals surface area contributed by atoms with E-state index in [-0.39, 0.29) is 11.6 Å². The van der Waals surface area contributed by atoms with Gasteiger partial charge in [-0.05, 0) is 37.6 Å². The lowest BCUT2D eigenvalue weighted by Gasteiger charge is -2.18. The third kappa shape index (κ3) is 3.12. The Morgan fingerprint density at radius 2 is 2.18 bits per heavy atom. The van der Waals surface area contributed by atoms with E-state index in [1.165, 1.54) is 0 Å². The Labute approximate surface area is 129 Å². The molecule has 0 saturated carbocycles. The summed E-state index contributed by atoms with van der Waals surface area (Å²) in [5, 5.41) is 6.51. The smallest absolute Gasteiger partial charge is 0.277 e. The largest absolute Gasteiger partial charge is 0.380 e. The quantitative estimate of drug-likeness (QED) is 0.939. The summed E-state index contributed by atoms with van der Waals surface area (Å²) in [6.07, 6.45) is 1.34. The fourth-order valence-electron chi connectivity index (χ4n) is 2.58. The Morgan fingerprint density at radius 3 is 2.77 bits per heavy atom. The number of carbonyl (C=O) groups excluding carboxylic acids is 1. The molecule has 1 amide bonds. The van der Waals surface area contributed by atoms with Crippen LogP contribution in [0.5, 0.6) is 0 Å². The number of methoxy groups -OCH3 is 1. The number of ether oxygens (including phenoxy) is 1. The van der Waals surface area contributed by atoms with Crippen molar-refractivity contribution >= 4 is 17.3 Å². The second-order valence-corrected chi connectivity index (χ2v) is 5.42. The van der Waals surface area contributed by atoms with E-state index >= 15 is 0 Å². The Morgan fingerprint density at radius 1 is 1.41 bits per heavy atom. The third-order valence-corrected chi connectivity index (χ3v) is 3.83. The van der Waals surface area contributed by atoms with E-state index in [9.17, 15) is 4.79 Å². The number of benzene rings is 1. The van der Waals surface area contributed by atoms with E-state index in [0.717, 1.165) is 30.9 Å². The number of aryl methyl sites for hydroxylation is 1. The second-order valence-electron chi connectivity index (χ2n) is 5.42. The van der Waals surface area contributed by atoms with Crippen LogP contribution in [0.15, 0.2) is 34.9 Å². The Bertz CT molecular complexity index is 651. The zero-order valence-corrected chi connectivity index (χ0v) is 12.7. The molecule has 1 fully saturated rings. The van der Waals surface area contributed by atoms with Gasteiger partial charge < -0.3 is 19.5 Å². The first kappa shape index (κ1) is 14.6. The molecule has 2 heterocycles. The maximum atomic E-state index is 12.0. The number of hydrogen-bond acceptors (Lipinski definition) is 5. The highest BCUT2D eigenvalue weighted by molar-refractivity contribution is 6.02. The molecule has 1 N–H and O–H groups in total. The summed E-state index contributed by atoms with van der Waals surface area (Å²) in [6, 6.07) is 9.39. The molecule has 1 aliphatic rings. The minimum absolute atomic E-state index is 0.273. The molecule has 22 heavy (non-hydrogen) atoms. The zero-order chi connectivity index (χ0) is 15.5. The first-order valence-corrected chi connectivity index (χ1v) is 7.28. The van der Waals surface area contributed by atoms with Crippen LogP contribution in [0.4, 0.5) is 11.4 Å². The van der Waals surface area contributed by atoms with Gasteiger partial charge in [-0.25, -0.2) is 0 Å². The van der Waals surface area contributed by atoms with Gasteiger partial charge in [0.15, 0.2) is 5.69 Å². The maximum Gasteiger partial charge on any atom is 0.277 e. The molecule has 1 aliphatic heterocycles. The van der Waals surface area contributed by atoms with E-state index < -0.39 is 0 Å². The molecular formula is C16H19N3O3.